The van der Waals surface area contributed by atoms with Gasteiger partial charge in [-0.1, -0.05) is 17.4 Å². The molecule has 0 bridgehead atoms. The summed E-state index contributed by atoms with van der Waals surface area (Å²) in [6.07, 6.45) is 4.30. The van der Waals surface area contributed by atoms with Crippen molar-refractivity contribution in [3.05, 3.63) is 58.6 Å². The van der Waals surface area contributed by atoms with E-state index in [1.807, 2.05) is 7.05 Å². The monoisotopic (exact) mass is 628 g/mol. The van der Waals surface area contributed by atoms with E-state index in [-0.39, 0.29) is 53.2 Å². The summed E-state index contributed by atoms with van der Waals surface area (Å²) in [5, 5.41) is 3.49. The molecule has 2 aliphatic rings. The van der Waals surface area contributed by atoms with E-state index in [2.05, 4.69) is 20.2 Å². The molecule has 41 heavy (non-hydrogen) atoms. The first-order valence-electron chi connectivity index (χ1n) is 12.9. The van der Waals surface area contributed by atoms with Crippen LogP contribution in [0.5, 0.6) is 5.88 Å². The molecule has 15 heteroatoms. The molecule has 3 N–H and O–H groups in total. The number of nitrogens with two attached hydrogens (primary N) is 1. The van der Waals surface area contributed by atoms with Crippen LogP contribution in [-0.2, 0) is 10.0 Å². The number of likely N-dealkylation sites (tertiary alicyclic amines) is 1. The number of benzene rings is 1. The SMILES string of the molecule is CN1CCCC(Oc2ccc(S(=O)(=O)N3CCC(Nc4nc(N)c(C(=O)c5c(F)cccc5F)s4)CC3)cn2)C1.Cl. The summed E-state index contributed by atoms with van der Waals surface area (Å²) in [6, 6.07) is 6.16. The fourth-order valence-electron chi connectivity index (χ4n) is 4.92. The summed E-state index contributed by atoms with van der Waals surface area (Å²) >= 11 is 0.906. The number of nitrogens with one attached hydrogen (secondary N) is 1. The largest absolute Gasteiger partial charge is 0.473 e. The molecule has 2 aromatic heterocycles. The molecule has 0 saturated carbocycles. The van der Waals surface area contributed by atoms with E-state index in [4.69, 9.17) is 10.5 Å². The second kappa shape index (κ2) is 12.9. The quantitative estimate of drug-likeness (QED) is 0.358. The van der Waals surface area contributed by atoms with Gasteiger partial charge in [-0.15, -0.1) is 12.4 Å². The van der Waals surface area contributed by atoms with E-state index in [0.29, 0.717) is 23.9 Å². The lowest BCUT2D eigenvalue weighted by molar-refractivity contribution is 0.0999. The van der Waals surface area contributed by atoms with Crippen LogP contribution in [-0.4, -0.2) is 78.7 Å². The number of hydrogen-bond donors (Lipinski definition) is 2. The van der Waals surface area contributed by atoms with Gasteiger partial charge >= 0.3 is 0 Å². The number of aromatic nitrogens is 2. The van der Waals surface area contributed by atoms with Crippen molar-refractivity contribution in [3.8, 4) is 5.88 Å². The third-order valence-electron chi connectivity index (χ3n) is 7.05. The summed E-state index contributed by atoms with van der Waals surface area (Å²) in [6.45, 7) is 2.37. The number of ether oxygens (including phenoxy) is 1. The number of nitrogen functional groups attached to an aromatic ring is 1. The van der Waals surface area contributed by atoms with Gasteiger partial charge in [0.15, 0.2) is 5.13 Å². The summed E-state index contributed by atoms with van der Waals surface area (Å²) in [5.74, 6) is -2.56. The lowest BCUT2D eigenvalue weighted by Gasteiger charge is -2.31. The van der Waals surface area contributed by atoms with Crippen LogP contribution in [0.3, 0.4) is 0 Å². The number of sulfonamides is 1. The highest BCUT2D eigenvalue weighted by atomic mass is 35.5. The summed E-state index contributed by atoms with van der Waals surface area (Å²) < 4.78 is 61.9. The van der Waals surface area contributed by atoms with E-state index < -0.39 is 33.0 Å². The van der Waals surface area contributed by atoms with Gasteiger partial charge in [0.2, 0.25) is 21.7 Å². The van der Waals surface area contributed by atoms with Crippen LogP contribution in [0.1, 0.15) is 40.9 Å². The zero-order chi connectivity index (χ0) is 28.4. The number of halogens is 3. The first-order valence-corrected chi connectivity index (χ1v) is 15.2. The van der Waals surface area contributed by atoms with Gasteiger partial charge in [0, 0.05) is 31.7 Å². The molecule has 1 atom stereocenters. The fraction of sp³-hybridized carbons (Fsp3) is 0.423. The Morgan fingerprint density at radius 1 is 1.12 bits per heavy atom. The van der Waals surface area contributed by atoms with Gasteiger partial charge < -0.3 is 20.7 Å². The smallest absolute Gasteiger partial charge is 0.244 e. The molecule has 0 aliphatic carbocycles. The Kier molecular flexibility index (Phi) is 9.80. The van der Waals surface area contributed by atoms with Crippen molar-refractivity contribution >= 4 is 50.5 Å². The Balaban J connectivity index is 0.00000387. The van der Waals surface area contributed by atoms with E-state index in [1.165, 1.54) is 22.6 Å². The van der Waals surface area contributed by atoms with E-state index >= 15 is 0 Å². The van der Waals surface area contributed by atoms with Crippen LogP contribution in [0.25, 0.3) is 0 Å². The molecule has 2 aliphatic heterocycles. The summed E-state index contributed by atoms with van der Waals surface area (Å²) in [7, 11) is -1.70. The second-order valence-electron chi connectivity index (χ2n) is 9.96. The highest BCUT2D eigenvalue weighted by molar-refractivity contribution is 7.89. The molecule has 3 aromatic rings. The Morgan fingerprint density at radius 2 is 1.83 bits per heavy atom. The predicted molar refractivity (Wildman–Crippen MR) is 154 cm³/mol. The number of likely N-dealkylation sites (N-methyl/N-ethyl adjacent to an activating group) is 1. The topological polar surface area (TPSA) is 131 Å². The maximum atomic E-state index is 14.1. The normalized spacial score (nSPS) is 19.0. The second-order valence-corrected chi connectivity index (χ2v) is 12.9. The van der Waals surface area contributed by atoms with Crippen molar-refractivity contribution in [2.75, 3.05) is 44.3 Å². The number of carbonyl (C=O) groups excluding carboxylic acids is 1. The minimum atomic E-state index is -3.74. The third-order valence-corrected chi connectivity index (χ3v) is 9.93. The molecule has 0 spiro atoms. The summed E-state index contributed by atoms with van der Waals surface area (Å²) in [5.41, 5.74) is 5.20. The first kappa shape index (κ1) is 31.0. The molecular weight excluding hydrogens is 598 g/mol. The lowest BCUT2D eigenvalue weighted by Crippen LogP contribution is -2.42. The Hall–Kier alpha value is -2.91. The van der Waals surface area contributed by atoms with E-state index in [9.17, 15) is 22.0 Å². The first-order chi connectivity index (χ1) is 19.1. The van der Waals surface area contributed by atoms with Gasteiger partial charge in [0.05, 0.1) is 11.8 Å². The number of thiazole rings is 1. The average Bonchev–Trinajstić information content (AvgIpc) is 3.29. The number of nitrogens with zero attached hydrogens (tertiary/aromatic N) is 4. The van der Waals surface area contributed by atoms with Crippen molar-refractivity contribution in [2.24, 2.45) is 0 Å². The predicted octanol–water partition coefficient (Wildman–Crippen LogP) is 3.79. The number of rotatable bonds is 8. The number of carbonyl (C=O) groups is 1. The van der Waals surface area contributed by atoms with Crippen LogP contribution in [0.2, 0.25) is 0 Å². The standard InChI is InChI=1S/C26H30F2N6O4S2.ClH/c1-33-11-3-4-17(15-33)38-21-8-7-18(14-30-21)40(36,37)34-12-9-16(10-13-34)31-26-32-25(29)24(39-26)23(35)22-19(27)5-2-6-20(22)28;/h2,5-8,14,16-17H,3-4,9-13,15,29H2,1H3,(H,31,32);1H. The number of anilines is 2. The van der Waals surface area contributed by atoms with Crippen LogP contribution in [0, 0.1) is 11.6 Å². The molecule has 0 amide bonds. The maximum absolute atomic E-state index is 14.1. The van der Waals surface area contributed by atoms with Crippen molar-refractivity contribution < 1.29 is 26.7 Å². The molecule has 10 nitrogen and oxygen atoms in total. The number of ketones is 1. The third kappa shape index (κ3) is 6.95. The minimum absolute atomic E-state index is 0. The molecule has 2 fully saturated rings. The van der Waals surface area contributed by atoms with Gasteiger partial charge in [-0.05, 0) is 57.5 Å². The van der Waals surface area contributed by atoms with Crippen LogP contribution in [0.4, 0.5) is 19.7 Å². The Morgan fingerprint density at radius 3 is 2.46 bits per heavy atom. The van der Waals surface area contributed by atoms with Gasteiger partial charge in [-0.2, -0.15) is 4.31 Å². The van der Waals surface area contributed by atoms with Crippen molar-refractivity contribution in [1.82, 2.24) is 19.2 Å². The van der Waals surface area contributed by atoms with Gasteiger partial charge in [-0.3, -0.25) is 4.79 Å². The minimum Gasteiger partial charge on any atom is -0.473 e. The zero-order valence-electron chi connectivity index (χ0n) is 22.3. The molecule has 2 saturated heterocycles. The number of hydrogen-bond acceptors (Lipinski definition) is 10. The average molecular weight is 629 g/mol. The molecule has 0 radical (unpaired) electrons. The van der Waals surface area contributed by atoms with Gasteiger partial charge in [-0.25, -0.2) is 27.2 Å². The van der Waals surface area contributed by atoms with Crippen molar-refractivity contribution in [2.45, 2.75) is 42.7 Å². The van der Waals surface area contributed by atoms with E-state index in [1.54, 1.807) is 6.07 Å². The van der Waals surface area contributed by atoms with Gasteiger partial charge in [0.25, 0.3) is 0 Å². The number of piperidine rings is 2. The number of pyridine rings is 1. The van der Waals surface area contributed by atoms with Crippen molar-refractivity contribution in [3.63, 3.8) is 0 Å². The van der Waals surface area contributed by atoms with Crippen molar-refractivity contribution in [1.29, 1.82) is 0 Å². The fourth-order valence-corrected chi connectivity index (χ4v) is 7.25. The van der Waals surface area contributed by atoms with Gasteiger partial charge in [0.1, 0.15) is 33.3 Å². The lowest BCUT2D eigenvalue weighted by atomic mass is 10.1. The summed E-state index contributed by atoms with van der Waals surface area (Å²) in [4.78, 5) is 23.3. The molecule has 1 aromatic carbocycles. The van der Waals surface area contributed by atoms with Crippen LogP contribution in [0.15, 0.2) is 41.4 Å². The molecule has 5 rings (SSSR count). The zero-order valence-corrected chi connectivity index (χ0v) is 24.7. The van der Waals surface area contributed by atoms with E-state index in [0.717, 1.165) is 49.4 Å². The molecule has 222 valence electrons. The molecular formula is C26H31ClF2N6O4S2. The van der Waals surface area contributed by atoms with Crippen LogP contribution >= 0.6 is 23.7 Å². The molecule has 1 unspecified atom stereocenters. The van der Waals surface area contributed by atoms with Crippen LogP contribution < -0.4 is 15.8 Å². The highest BCUT2D eigenvalue weighted by Crippen LogP contribution is 2.31. The Bertz CT molecular complexity index is 1460. The maximum Gasteiger partial charge on any atom is 0.244 e. The Labute approximate surface area is 247 Å². The highest BCUT2D eigenvalue weighted by Gasteiger charge is 2.31. The molecule has 4 heterocycles.